The van der Waals surface area contributed by atoms with Gasteiger partial charge in [0, 0.05) is 19.0 Å². The van der Waals surface area contributed by atoms with E-state index in [2.05, 4.69) is 5.32 Å². The topological polar surface area (TPSA) is 148 Å². The Kier molecular flexibility index (Phi) is 7.81. The first-order chi connectivity index (χ1) is 13.8. The zero-order valence-electron chi connectivity index (χ0n) is 16.1. The summed E-state index contributed by atoms with van der Waals surface area (Å²) in [4.78, 5) is 48.2. The van der Waals surface area contributed by atoms with Crippen molar-refractivity contribution < 1.29 is 33.8 Å². The first-order valence-electron chi connectivity index (χ1n) is 9.17. The highest BCUT2D eigenvalue weighted by Crippen LogP contribution is 2.28. The molecule has 0 radical (unpaired) electrons. The van der Waals surface area contributed by atoms with E-state index in [-0.39, 0.29) is 31.5 Å². The van der Waals surface area contributed by atoms with Crippen LogP contribution in [0.15, 0.2) is 24.3 Å². The Morgan fingerprint density at radius 1 is 1.24 bits per heavy atom. The van der Waals surface area contributed by atoms with Crippen LogP contribution in [0.4, 0.5) is 0 Å². The molecule has 10 nitrogen and oxygen atoms in total. The van der Waals surface area contributed by atoms with Gasteiger partial charge in [0.15, 0.2) is 18.1 Å². The molecule has 1 aliphatic carbocycles. The summed E-state index contributed by atoms with van der Waals surface area (Å²) in [6.07, 6.45) is 1.07. The van der Waals surface area contributed by atoms with E-state index in [0.29, 0.717) is 11.5 Å². The normalized spacial score (nSPS) is 13.8. The average Bonchev–Trinajstić information content (AvgIpc) is 3.50. The molecule has 3 amide bonds. The number of nitrogens with zero attached hydrogens (tertiary/aromatic N) is 1. The third-order valence-corrected chi connectivity index (χ3v) is 4.35. The SMILES string of the molecule is COc1ccccc1OCC(=O)N(CCC(=O)NC(CC(N)=O)C(=O)O)C1CC1. The number of nitrogens with two attached hydrogens (primary N) is 1. The highest BCUT2D eigenvalue weighted by atomic mass is 16.5. The number of hydrogen-bond donors (Lipinski definition) is 3. The summed E-state index contributed by atoms with van der Waals surface area (Å²) in [5.74, 6) is -2.10. The second-order valence-electron chi connectivity index (χ2n) is 6.64. The zero-order chi connectivity index (χ0) is 21.4. The van der Waals surface area contributed by atoms with E-state index >= 15 is 0 Å². The third-order valence-electron chi connectivity index (χ3n) is 4.35. The summed E-state index contributed by atoms with van der Waals surface area (Å²) >= 11 is 0. The Labute approximate surface area is 167 Å². The van der Waals surface area contributed by atoms with Crippen LogP contribution in [0.25, 0.3) is 0 Å². The van der Waals surface area contributed by atoms with Crippen LogP contribution in [0.2, 0.25) is 0 Å². The zero-order valence-corrected chi connectivity index (χ0v) is 16.1. The summed E-state index contributed by atoms with van der Waals surface area (Å²) < 4.78 is 10.7. The number of carbonyl (C=O) groups is 4. The molecule has 0 aliphatic heterocycles. The van der Waals surface area contributed by atoms with Gasteiger partial charge in [0.1, 0.15) is 6.04 Å². The molecular weight excluding hydrogens is 382 g/mol. The van der Waals surface area contributed by atoms with E-state index in [1.54, 1.807) is 29.2 Å². The fraction of sp³-hybridized carbons (Fsp3) is 0.474. The summed E-state index contributed by atoms with van der Waals surface area (Å²) in [6.45, 7) is -0.0918. The second-order valence-corrected chi connectivity index (χ2v) is 6.64. The van der Waals surface area contributed by atoms with E-state index in [1.807, 2.05) is 0 Å². The fourth-order valence-electron chi connectivity index (χ4n) is 2.75. The molecule has 1 saturated carbocycles. The smallest absolute Gasteiger partial charge is 0.326 e. The van der Waals surface area contributed by atoms with Gasteiger partial charge in [-0.25, -0.2) is 4.79 Å². The lowest BCUT2D eigenvalue weighted by Gasteiger charge is -2.23. The number of carboxylic acid groups (broad SMARTS) is 1. The molecule has 0 spiro atoms. The first kappa shape index (κ1) is 22.0. The summed E-state index contributed by atoms with van der Waals surface area (Å²) in [5.41, 5.74) is 4.99. The Morgan fingerprint density at radius 2 is 1.90 bits per heavy atom. The Morgan fingerprint density at radius 3 is 2.45 bits per heavy atom. The molecule has 0 bridgehead atoms. The third kappa shape index (κ3) is 6.98. The number of carbonyl (C=O) groups excluding carboxylic acids is 3. The van der Waals surface area contributed by atoms with Gasteiger partial charge in [-0.15, -0.1) is 0 Å². The number of ether oxygens (including phenoxy) is 2. The highest BCUT2D eigenvalue weighted by Gasteiger charge is 2.33. The predicted molar refractivity (Wildman–Crippen MR) is 101 cm³/mol. The summed E-state index contributed by atoms with van der Waals surface area (Å²) in [5, 5.41) is 11.3. The minimum absolute atomic E-state index is 0.0393. The molecule has 1 aromatic rings. The van der Waals surface area contributed by atoms with Crippen molar-refractivity contribution in [3.05, 3.63) is 24.3 Å². The van der Waals surface area contributed by atoms with E-state index in [9.17, 15) is 19.2 Å². The van der Waals surface area contributed by atoms with Crippen LogP contribution in [0.5, 0.6) is 11.5 Å². The number of amides is 3. The van der Waals surface area contributed by atoms with E-state index in [1.165, 1.54) is 7.11 Å². The Hall–Kier alpha value is -3.30. The molecule has 1 aromatic carbocycles. The van der Waals surface area contributed by atoms with Crippen molar-refractivity contribution in [2.75, 3.05) is 20.3 Å². The van der Waals surface area contributed by atoms with Gasteiger partial charge in [-0.05, 0) is 25.0 Å². The molecule has 1 fully saturated rings. The molecule has 1 aliphatic rings. The number of para-hydroxylation sites is 2. The number of rotatable bonds is 12. The average molecular weight is 407 g/mol. The minimum Gasteiger partial charge on any atom is -0.493 e. The number of aliphatic carboxylic acids is 1. The van der Waals surface area contributed by atoms with Gasteiger partial charge in [0.25, 0.3) is 5.91 Å². The number of carboxylic acids is 1. The molecule has 158 valence electrons. The molecule has 2 rings (SSSR count). The number of primary amides is 1. The van der Waals surface area contributed by atoms with Gasteiger partial charge >= 0.3 is 5.97 Å². The predicted octanol–water partition coefficient (Wildman–Crippen LogP) is -0.100. The number of nitrogens with one attached hydrogen (secondary N) is 1. The maximum Gasteiger partial charge on any atom is 0.326 e. The number of hydrogen-bond acceptors (Lipinski definition) is 6. The van der Waals surface area contributed by atoms with Gasteiger partial charge in [-0.3, -0.25) is 14.4 Å². The number of benzene rings is 1. The Balaban J connectivity index is 1.87. The number of methoxy groups -OCH3 is 1. The van der Waals surface area contributed by atoms with Crippen molar-refractivity contribution in [2.24, 2.45) is 5.73 Å². The monoisotopic (exact) mass is 407 g/mol. The van der Waals surface area contributed by atoms with E-state index in [4.69, 9.17) is 20.3 Å². The van der Waals surface area contributed by atoms with Crippen molar-refractivity contribution >= 4 is 23.7 Å². The van der Waals surface area contributed by atoms with E-state index in [0.717, 1.165) is 12.8 Å². The molecule has 29 heavy (non-hydrogen) atoms. The maximum absolute atomic E-state index is 12.6. The van der Waals surface area contributed by atoms with Gasteiger partial charge in [0.2, 0.25) is 11.8 Å². The summed E-state index contributed by atoms with van der Waals surface area (Å²) in [7, 11) is 1.50. The molecule has 0 saturated heterocycles. The molecule has 4 N–H and O–H groups in total. The van der Waals surface area contributed by atoms with Crippen LogP contribution in [-0.2, 0) is 19.2 Å². The largest absolute Gasteiger partial charge is 0.493 e. The summed E-state index contributed by atoms with van der Waals surface area (Å²) in [6, 6.07) is 5.59. The lowest BCUT2D eigenvalue weighted by molar-refractivity contribution is -0.143. The maximum atomic E-state index is 12.6. The fourth-order valence-corrected chi connectivity index (χ4v) is 2.75. The quantitative estimate of drug-likeness (QED) is 0.438. The van der Waals surface area contributed by atoms with Crippen LogP contribution < -0.4 is 20.5 Å². The molecule has 10 heteroatoms. The van der Waals surface area contributed by atoms with Gasteiger partial charge in [0.05, 0.1) is 13.5 Å². The highest BCUT2D eigenvalue weighted by molar-refractivity contribution is 5.88. The molecule has 0 heterocycles. The lowest BCUT2D eigenvalue weighted by Crippen LogP contribution is -2.45. The van der Waals surface area contributed by atoms with Crippen molar-refractivity contribution in [3.8, 4) is 11.5 Å². The van der Waals surface area contributed by atoms with Crippen LogP contribution in [0.3, 0.4) is 0 Å². The molecule has 1 atom stereocenters. The van der Waals surface area contributed by atoms with Gasteiger partial charge in [-0.2, -0.15) is 0 Å². The van der Waals surface area contributed by atoms with Crippen molar-refractivity contribution in [3.63, 3.8) is 0 Å². The van der Waals surface area contributed by atoms with Crippen LogP contribution in [0.1, 0.15) is 25.7 Å². The van der Waals surface area contributed by atoms with Gasteiger partial charge in [-0.1, -0.05) is 12.1 Å². The van der Waals surface area contributed by atoms with Crippen LogP contribution >= 0.6 is 0 Å². The van der Waals surface area contributed by atoms with Crippen molar-refractivity contribution in [2.45, 2.75) is 37.8 Å². The van der Waals surface area contributed by atoms with Crippen molar-refractivity contribution in [1.29, 1.82) is 0 Å². The second kappa shape index (κ2) is 10.3. The van der Waals surface area contributed by atoms with Crippen LogP contribution in [0, 0.1) is 0 Å². The lowest BCUT2D eigenvalue weighted by atomic mass is 10.2. The van der Waals surface area contributed by atoms with Gasteiger partial charge < -0.3 is 30.5 Å². The molecule has 1 unspecified atom stereocenters. The molecule has 0 aromatic heterocycles. The van der Waals surface area contributed by atoms with Crippen molar-refractivity contribution in [1.82, 2.24) is 10.2 Å². The van der Waals surface area contributed by atoms with Crippen LogP contribution in [-0.4, -0.2) is 66.0 Å². The van der Waals surface area contributed by atoms with E-state index < -0.39 is 30.2 Å². The standard InChI is InChI=1S/C19H25N3O7/c1-28-14-4-2-3-5-15(14)29-11-18(25)22(12-6-7-12)9-8-17(24)21-13(19(26)27)10-16(20)23/h2-5,12-13H,6-11H2,1H3,(H2,20,23)(H,21,24)(H,26,27). The molecular formula is C19H25N3O7. The Bertz CT molecular complexity index is 764. The first-order valence-corrected chi connectivity index (χ1v) is 9.17. The minimum atomic E-state index is -1.39.